The van der Waals surface area contributed by atoms with Crippen molar-refractivity contribution in [3.63, 3.8) is 0 Å². The van der Waals surface area contributed by atoms with Gasteiger partial charge in [0.1, 0.15) is 11.5 Å². The fourth-order valence-corrected chi connectivity index (χ4v) is 6.38. The number of thiophene rings is 1. The molecule has 0 atom stereocenters. The summed E-state index contributed by atoms with van der Waals surface area (Å²) >= 11 is 1.24. The molecule has 0 saturated carbocycles. The van der Waals surface area contributed by atoms with Crippen LogP contribution in [0.2, 0.25) is 0 Å². The van der Waals surface area contributed by atoms with Gasteiger partial charge in [-0.05, 0) is 12.1 Å². The molecule has 3 aromatic rings. The van der Waals surface area contributed by atoms with Crippen LogP contribution in [0.15, 0.2) is 40.6 Å². The van der Waals surface area contributed by atoms with Gasteiger partial charge in [-0.3, -0.25) is 10.1 Å². The summed E-state index contributed by atoms with van der Waals surface area (Å²) in [5.74, 6) is 0.00240. The minimum Gasteiger partial charge on any atom is -0.496 e. The molecule has 0 unspecified atom stereocenters. The van der Waals surface area contributed by atoms with Crippen molar-refractivity contribution in [3.05, 3.63) is 57.0 Å². The Morgan fingerprint density at radius 2 is 1.78 bits per heavy atom. The number of rotatable bonds is 12. The van der Waals surface area contributed by atoms with E-state index in [1.807, 2.05) is 0 Å². The molecule has 0 aliphatic carbocycles. The van der Waals surface area contributed by atoms with Crippen molar-refractivity contribution >= 4 is 43.1 Å². The first kappa shape index (κ1) is 28.3. The Labute approximate surface area is 217 Å². The second-order valence-electron chi connectivity index (χ2n) is 7.54. The quantitative estimate of drug-likeness (QED) is 0.141. The maximum absolute atomic E-state index is 13.8. The Morgan fingerprint density at radius 1 is 1.11 bits per heavy atom. The van der Waals surface area contributed by atoms with Gasteiger partial charge in [-0.2, -0.15) is 4.31 Å². The molecule has 0 amide bonds. The van der Waals surface area contributed by atoms with Crippen molar-refractivity contribution < 1.29 is 41.8 Å². The SMILES string of the molecule is COC(=O)c1csc2c(OC)cc(CN(CC(OC)OC)S(=O)(=O)c3ccccc3[N+](=O)[O-])c(OC)c12. The average molecular weight is 555 g/mol. The van der Waals surface area contributed by atoms with Gasteiger partial charge in [0.05, 0.1) is 48.4 Å². The van der Waals surface area contributed by atoms with Crippen LogP contribution >= 0.6 is 11.3 Å². The molecule has 0 aliphatic heterocycles. The Bertz CT molecular complexity index is 1400. The van der Waals surface area contributed by atoms with E-state index in [9.17, 15) is 23.3 Å². The highest BCUT2D eigenvalue weighted by atomic mass is 32.2. The number of nitrogens with zero attached hydrogens (tertiary/aromatic N) is 2. The number of nitro groups is 1. The number of hydrogen-bond donors (Lipinski definition) is 0. The first-order valence-electron chi connectivity index (χ1n) is 10.7. The van der Waals surface area contributed by atoms with Crippen LogP contribution in [0.5, 0.6) is 11.5 Å². The lowest BCUT2D eigenvalue weighted by atomic mass is 10.1. The standard InChI is InChI=1S/C23H26N2O10S2/c1-31-17-10-14(21(34-4)20-15(23(26)35-5)13-36-22(17)20)11-24(12-19(32-2)33-3)37(29,30)18-9-7-6-8-16(18)25(27)28/h6-10,13,19H,11-12H2,1-5H3. The zero-order valence-electron chi connectivity index (χ0n) is 20.7. The average Bonchev–Trinajstić information content (AvgIpc) is 3.35. The van der Waals surface area contributed by atoms with Gasteiger partial charge in [0, 0.05) is 37.8 Å². The lowest BCUT2D eigenvalue weighted by Crippen LogP contribution is -2.38. The topological polar surface area (TPSA) is 144 Å². The lowest BCUT2D eigenvalue weighted by Gasteiger charge is -2.26. The first-order valence-corrected chi connectivity index (χ1v) is 13.0. The lowest BCUT2D eigenvalue weighted by molar-refractivity contribution is -0.387. The van der Waals surface area contributed by atoms with Gasteiger partial charge in [-0.25, -0.2) is 13.2 Å². The van der Waals surface area contributed by atoms with Crippen LogP contribution in [0.4, 0.5) is 5.69 Å². The minimum absolute atomic E-state index is 0.222. The molecule has 0 aliphatic rings. The summed E-state index contributed by atoms with van der Waals surface area (Å²) in [7, 11) is 2.30. The van der Waals surface area contributed by atoms with E-state index in [1.165, 1.54) is 59.0 Å². The van der Waals surface area contributed by atoms with Crippen molar-refractivity contribution in [2.45, 2.75) is 17.7 Å². The van der Waals surface area contributed by atoms with E-state index >= 15 is 0 Å². The fourth-order valence-electron chi connectivity index (χ4n) is 3.79. The number of benzene rings is 2. The number of sulfonamides is 1. The third-order valence-corrected chi connectivity index (χ3v) is 8.43. The molecule has 1 heterocycles. The molecular weight excluding hydrogens is 528 g/mol. The highest BCUT2D eigenvalue weighted by Gasteiger charge is 2.34. The van der Waals surface area contributed by atoms with E-state index in [2.05, 4.69) is 0 Å². The molecule has 3 rings (SSSR count). The Kier molecular flexibility index (Phi) is 9.04. The number of para-hydroxylation sites is 1. The summed E-state index contributed by atoms with van der Waals surface area (Å²) in [4.78, 5) is 22.8. The highest BCUT2D eigenvalue weighted by Crippen LogP contribution is 2.43. The molecule has 200 valence electrons. The molecule has 14 heteroatoms. The Morgan fingerprint density at radius 3 is 2.35 bits per heavy atom. The molecular formula is C23H26N2O10S2. The van der Waals surface area contributed by atoms with Crippen LogP contribution in [0.3, 0.4) is 0 Å². The molecule has 0 saturated heterocycles. The summed E-state index contributed by atoms with van der Waals surface area (Å²) in [5.41, 5.74) is -0.0209. The van der Waals surface area contributed by atoms with Crippen molar-refractivity contribution in [2.75, 3.05) is 42.1 Å². The van der Waals surface area contributed by atoms with Crippen LogP contribution in [0.1, 0.15) is 15.9 Å². The molecule has 37 heavy (non-hydrogen) atoms. The van der Waals surface area contributed by atoms with Gasteiger partial charge in [0.15, 0.2) is 11.2 Å². The number of carbonyl (C=O) groups is 1. The van der Waals surface area contributed by atoms with Crippen LogP contribution in [0.25, 0.3) is 10.1 Å². The second-order valence-corrected chi connectivity index (χ2v) is 10.3. The first-order chi connectivity index (χ1) is 17.6. The van der Waals surface area contributed by atoms with Gasteiger partial charge in [-0.1, -0.05) is 12.1 Å². The maximum Gasteiger partial charge on any atom is 0.339 e. The second kappa shape index (κ2) is 11.8. The van der Waals surface area contributed by atoms with Crippen molar-refractivity contribution in [2.24, 2.45) is 0 Å². The summed E-state index contributed by atoms with van der Waals surface area (Å²) < 4.78 is 55.7. The Balaban J connectivity index is 2.25. The maximum atomic E-state index is 13.8. The molecule has 12 nitrogen and oxygen atoms in total. The molecule has 0 bridgehead atoms. The summed E-state index contributed by atoms with van der Waals surface area (Å²) in [6.45, 7) is -0.623. The summed E-state index contributed by atoms with van der Waals surface area (Å²) in [6.07, 6.45) is -0.985. The van der Waals surface area contributed by atoms with E-state index < -0.39 is 37.8 Å². The third kappa shape index (κ3) is 5.52. The number of esters is 1. The zero-order valence-corrected chi connectivity index (χ0v) is 22.4. The third-order valence-electron chi connectivity index (χ3n) is 5.57. The summed E-state index contributed by atoms with van der Waals surface area (Å²) in [6, 6.07) is 6.63. The van der Waals surface area contributed by atoms with Crippen molar-refractivity contribution in [3.8, 4) is 11.5 Å². The van der Waals surface area contributed by atoms with E-state index in [4.69, 9.17) is 23.7 Å². The van der Waals surface area contributed by atoms with E-state index in [-0.39, 0.29) is 24.4 Å². The van der Waals surface area contributed by atoms with E-state index in [0.29, 0.717) is 21.4 Å². The number of fused-ring (bicyclic) bond motifs is 1. The monoisotopic (exact) mass is 554 g/mol. The van der Waals surface area contributed by atoms with Gasteiger partial charge in [0.25, 0.3) is 5.69 Å². The number of ether oxygens (including phenoxy) is 5. The van der Waals surface area contributed by atoms with Gasteiger partial charge in [0.2, 0.25) is 10.0 Å². The van der Waals surface area contributed by atoms with Gasteiger partial charge < -0.3 is 23.7 Å². The molecule has 0 fully saturated rings. The fraction of sp³-hybridized carbons (Fsp3) is 0.348. The van der Waals surface area contributed by atoms with Crippen molar-refractivity contribution in [1.29, 1.82) is 0 Å². The number of carbonyl (C=O) groups excluding carboxylic acids is 1. The largest absolute Gasteiger partial charge is 0.496 e. The molecule has 0 spiro atoms. The van der Waals surface area contributed by atoms with E-state index in [1.54, 1.807) is 11.4 Å². The minimum atomic E-state index is -4.46. The normalized spacial score (nSPS) is 11.8. The smallest absolute Gasteiger partial charge is 0.339 e. The number of methoxy groups -OCH3 is 5. The van der Waals surface area contributed by atoms with Crippen LogP contribution < -0.4 is 9.47 Å². The predicted molar refractivity (Wildman–Crippen MR) is 135 cm³/mol. The zero-order chi connectivity index (χ0) is 27.3. The number of hydrogen-bond acceptors (Lipinski definition) is 11. The summed E-state index contributed by atoms with van der Waals surface area (Å²) in [5, 5.41) is 13.6. The van der Waals surface area contributed by atoms with Gasteiger partial charge >= 0.3 is 5.97 Å². The molecule has 0 N–H and O–H groups in total. The highest BCUT2D eigenvalue weighted by molar-refractivity contribution is 7.89. The molecule has 1 aromatic heterocycles. The number of nitro benzene ring substituents is 1. The van der Waals surface area contributed by atoms with Crippen LogP contribution in [-0.4, -0.2) is 72.0 Å². The molecule has 0 radical (unpaired) electrons. The Hall–Kier alpha value is -3.30. The van der Waals surface area contributed by atoms with E-state index in [0.717, 1.165) is 16.4 Å². The van der Waals surface area contributed by atoms with Crippen LogP contribution in [-0.2, 0) is 30.8 Å². The molecule has 2 aromatic carbocycles. The van der Waals surface area contributed by atoms with Crippen molar-refractivity contribution in [1.82, 2.24) is 4.31 Å². The van der Waals surface area contributed by atoms with Crippen LogP contribution in [0, 0.1) is 10.1 Å². The predicted octanol–water partition coefficient (Wildman–Crippen LogP) is 3.42. The van der Waals surface area contributed by atoms with Gasteiger partial charge in [-0.15, -0.1) is 11.3 Å².